The Labute approximate surface area is 163 Å². The van der Waals surface area contributed by atoms with E-state index in [2.05, 4.69) is 29.3 Å². The molecule has 0 amide bonds. The van der Waals surface area contributed by atoms with E-state index in [4.69, 9.17) is 19.2 Å². The molecule has 1 saturated heterocycles. The van der Waals surface area contributed by atoms with Crippen LogP contribution in [0.15, 0.2) is 29.3 Å². The molecule has 0 aromatic heterocycles. The van der Waals surface area contributed by atoms with E-state index in [9.17, 15) is 0 Å². The summed E-state index contributed by atoms with van der Waals surface area (Å²) in [6, 6.07) is 8.20. The SMILES string of the molecule is CCNC(=NCCc1cccc(OC)c1)N1CCC(OCCCOC)CC1. The maximum atomic E-state index is 5.96. The highest BCUT2D eigenvalue weighted by Gasteiger charge is 2.21. The van der Waals surface area contributed by atoms with Gasteiger partial charge in [0.2, 0.25) is 0 Å². The predicted molar refractivity (Wildman–Crippen MR) is 110 cm³/mol. The molecule has 6 heteroatoms. The molecule has 0 radical (unpaired) electrons. The molecule has 1 aromatic carbocycles. The lowest BCUT2D eigenvalue weighted by Gasteiger charge is -2.34. The largest absolute Gasteiger partial charge is 0.497 e. The van der Waals surface area contributed by atoms with Crippen LogP contribution in [0.2, 0.25) is 0 Å². The highest BCUT2D eigenvalue weighted by molar-refractivity contribution is 5.80. The number of guanidine groups is 1. The van der Waals surface area contributed by atoms with Crippen molar-refractivity contribution in [2.75, 3.05) is 53.6 Å². The van der Waals surface area contributed by atoms with Gasteiger partial charge in [-0.25, -0.2) is 0 Å². The monoisotopic (exact) mass is 377 g/mol. The van der Waals surface area contributed by atoms with Gasteiger partial charge in [0.15, 0.2) is 5.96 Å². The number of hydrogen-bond donors (Lipinski definition) is 1. The van der Waals surface area contributed by atoms with Crippen molar-refractivity contribution in [3.8, 4) is 5.75 Å². The number of likely N-dealkylation sites (tertiary alicyclic amines) is 1. The first kappa shape index (κ1) is 21.5. The highest BCUT2D eigenvalue weighted by atomic mass is 16.5. The van der Waals surface area contributed by atoms with Crippen molar-refractivity contribution < 1.29 is 14.2 Å². The number of nitrogens with zero attached hydrogens (tertiary/aromatic N) is 2. The molecule has 0 unspecified atom stereocenters. The molecule has 0 aliphatic carbocycles. The van der Waals surface area contributed by atoms with E-state index in [-0.39, 0.29) is 0 Å². The Hall–Kier alpha value is -1.79. The average molecular weight is 378 g/mol. The Balaban J connectivity index is 1.79. The first-order valence-corrected chi connectivity index (χ1v) is 10.0. The van der Waals surface area contributed by atoms with Crippen LogP contribution in [0.5, 0.6) is 5.75 Å². The first-order chi connectivity index (χ1) is 13.3. The zero-order valence-corrected chi connectivity index (χ0v) is 17.1. The van der Waals surface area contributed by atoms with Crippen molar-refractivity contribution in [3.63, 3.8) is 0 Å². The van der Waals surface area contributed by atoms with Gasteiger partial charge in [-0.15, -0.1) is 0 Å². The van der Waals surface area contributed by atoms with E-state index < -0.39 is 0 Å². The van der Waals surface area contributed by atoms with Gasteiger partial charge in [0.05, 0.1) is 13.2 Å². The third kappa shape index (κ3) is 7.77. The summed E-state index contributed by atoms with van der Waals surface area (Å²) in [5.74, 6) is 1.91. The van der Waals surface area contributed by atoms with Crippen LogP contribution >= 0.6 is 0 Å². The predicted octanol–water partition coefficient (Wildman–Crippen LogP) is 2.72. The van der Waals surface area contributed by atoms with Gasteiger partial charge in [-0.1, -0.05) is 12.1 Å². The molecule has 1 aliphatic heterocycles. The second kappa shape index (κ2) is 12.6. The molecule has 1 heterocycles. The number of benzene rings is 1. The number of methoxy groups -OCH3 is 2. The van der Waals surface area contributed by atoms with Gasteiger partial charge < -0.3 is 24.4 Å². The van der Waals surface area contributed by atoms with Crippen LogP contribution in [-0.2, 0) is 15.9 Å². The van der Waals surface area contributed by atoms with Crippen LogP contribution in [-0.4, -0.2) is 70.6 Å². The lowest BCUT2D eigenvalue weighted by molar-refractivity contribution is 0.00991. The molecule has 1 aromatic rings. The zero-order chi connectivity index (χ0) is 19.3. The normalized spacial score (nSPS) is 15.8. The molecule has 27 heavy (non-hydrogen) atoms. The number of nitrogens with one attached hydrogen (secondary N) is 1. The molecule has 1 aliphatic rings. The molecule has 6 nitrogen and oxygen atoms in total. The van der Waals surface area contributed by atoms with Gasteiger partial charge in [0.25, 0.3) is 0 Å². The topological polar surface area (TPSA) is 55.3 Å². The molecule has 1 fully saturated rings. The van der Waals surface area contributed by atoms with E-state index in [1.165, 1.54) is 5.56 Å². The van der Waals surface area contributed by atoms with E-state index in [1.807, 2.05) is 12.1 Å². The van der Waals surface area contributed by atoms with Gasteiger partial charge in [-0.05, 0) is 50.3 Å². The van der Waals surface area contributed by atoms with Crippen molar-refractivity contribution in [2.24, 2.45) is 4.99 Å². The number of piperidine rings is 1. The first-order valence-electron chi connectivity index (χ1n) is 10.0. The van der Waals surface area contributed by atoms with Crippen LogP contribution in [0, 0.1) is 0 Å². The molecule has 0 bridgehead atoms. The van der Waals surface area contributed by atoms with Crippen LogP contribution in [0.4, 0.5) is 0 Å². The van der Waals surface area contributed by atoms with Crippen molar-refractivity contribution >= 4 is 5.96 Å². The fraction of sp³-hybridized carbons (Fsp3) is 0.667. The summed E-state index contributed by atoms with van der Waals surface area (Å²) in [5, 5.41) is 3.43. The fourth-order valence-electron chi connectivity index (χ4n) is 3.23. The Kier molecular flexibility index (Phi) is 10.0. The van der Waals surface area contributed by atoms with E-state index >= 15 is 0 Å². The van der Waals surface area contributed by atoms with Crippen LogP contribution in [0.25, 0.3) is 0 Å². The summed E-state index contributed by atoms with van der Waals surface area (Å²) >= 11 is 0. The molecule has 152 valence electrons. The number of rotatable bonds is 10. The molecular formula is C21H35N3O3. The van der Waals surface area contributed by atoms with Crippen molar-refractivity contribution in [1.29, 1.82) is 0 Å². The smallest absolute Gasteiger partial charge is 0.193 e. The number of aliphatic imine (C=N–C) groups is 1. The van der Waals surface area contributed by atoms with Crippen LogP contribution < -0.4 is 10.1 Å². The third-order valence-corrected chi connectivity index (χ3v) is 4.72. The van der Waals surface area contributed by atoms with Gasteiger partial charge in [-0.3, -0.25) is 4.99 Å². The maximum absolute atomic E-state index is 5.96. The Bertz CT molecular complexity index is 557. The standard InChI is InChI=1S/C21H35N3O3/c1-4-22-21(23-12-9-18-7-5-8-20(17-18)26-3)24-13-10-19(11-14-24)27-16-6-15-25-2/h5,7-8,17,19H,4,6,9-16H2,1-3H3,(H,22,23). The average Bonchev–Trinajstić information content (AvgIpc) is 2.71. The van der Waals surface area contributed by atoms with Crippen molar-refractivity contribution in [1.82, 2.24) is 10.2 Å². The lowest BCUT2D eigenvalue weighted by Crippen LogP contribution is -2.47. The van der Waals surface area contributed by atoms with E-state index in [0.29, 0.717) is 6.10 Å². The molecule has 1 N–H and O–H groups in total. The minimum absolute atomic E-state index is 0.359. The van der Waals surface area contributed by atoms with Gasteiger partial charge in [0.1, 0.15) is 5.75 Å². The minimum atomic E-state index is 0.359. The lowest BCUT2D eigenvalue weighted by atomic mass is 10.1. The summed E-state index contributed by atoms with van der Waals surface area (Å²) in [4.78, 5) is 7.18. The van der Waals surface area contributed by atoms with Crippen LogP contribution in [0.3, 0.4) is 0 Å². The van der Waals surface area contributed by atoms with Gasteiger partial charge >= 0.3 is 0 Å². The van der Waals surface area contributed by atoms with Crippen LogP contribution in [0.1, 0.15) is 31.7 Å². The molecular weight excluding hydrogens is 342 g/mol. The van der Waals surface area contributed by atoms with Crippen molar-refractivity contribution in [3.05, 3.63) is 29.8 Å². The summed E-state index contributed by atoms with van der Waals surface area (Å²) in [7, 11) is 3.43. The summed E-state index contributed by atoms with van der Waals surface area (Å²) in [5.41, 5.74) is 1.25. The molecule has 0 spiro atoms. The molecule has 0 atom stereocenters. The van der Waals surface area contributed by atoms with Gasteiger partial charge in [0, 0.05) is 46.5 Å². The molecule has 2 rings (SSSR count). The second-order valence-corrected chi connectivity index (χ2v) is 6.74. The maximum Gasteiger partial charge on any atom is 0.193 e. The van der Waals surface area contributed by atoms with E-state index in [0.717, 1.165) is 76.8 Å². The number of ether oxygens (including phenoxy) is 3. The summed E-state index contributed by atoms with van der Waals surface area (Å²) in [6.07, 6.45) is 4.33. The minimum Gasteiger partial charge on any atom is -0.497 e. The second-order valence-electron chi connectivity index (χ2n) is 6.74. The Morgan fingerprint density at radius 3 is 2.74 bits per heavy atom. The van der Waals surface area contributed by atoms with E-state index in [1.54, 1.807) is 14.2 Å². The Morgan fingerprint density at radius 2 is 2.04 bits per heavy atom. The van der Waals surface area contributed by atoms with Gasteiger partial charge in [-0.2, -0.15) is 0 Å². The quantitative estimate of drug-likeness (QED) is 0.386. The fourth-order valence-corrected chi connectivity index (χ4v) is 3.23. The Morgan fingerprint density at radius 1 is 1.22 bits per heavy atom. The summed E-state index contributed by atoms with van der Waals surface area (Å²) in [6.45, 7) is 7.29. The van der Waals surface area contributed by atoms with Crippen molar-refractivity contribution in [2.45, 2.75) is 38.7 Å². The summed E-state index contributed by atoms with van der Waals surface area (Å²) < 4.78 is 16.3. The molecule has 0 saturated carbocycles. The number of hydrogen-bond acceptors (Lipinski definition) is 4. The third-order valence-electron chi connectivity index (χ3n) is 4.72. The zero-order valence-electron chi connectivity index (χ0n) is 17.1. The highest BCUT2D eigenvalue weighted by Crippen LogP contribution is 2.15.